The number of halogens is 1. The molecule has 0 fully saturated rings. The van der Waals surface area contributed by atoms with Crippen LogP contribution in [0.15, 0.2) is 125 Å². The summed E-state index contributed by atoms with van der Waals surface area (Å²) < 4.78 is 2.36. The van der Waals surface area contributed by atoms with E-state index in [1.54, 1.807) is 23.9 Å². The third kappa shape index (κ3) is 7.16. The van der Waals surface area contributed by atoms with Gasteiger partial charge in [-0.25, -0.2) is 4.79 Å². The lowest BCUT2D eigenvalue weighted by molar-refractivity contribution is 0.0515. The number of fused-ring (bicyclic) bond motifs is 3. The number of carbonyl (C=O) groups excluding carboxylic acids is 1. The van der Waals surface area contributed by atoms with Gasteiger partial charge in [0.1, 0.15) is 0 Å². The van der Waals surface area contributed by atoms with Gasteiger partial charge in [-0.15, -0.1) is 11.8 Å². The van der Waals surface area contributed by atoms with E-state index in [9.17, 15) is 4.79 Å². The Morgan fingerprint density at radius 2 is 1.53 bits per heavy atom. The number of nitrogens with zero attached hydrogens (tertiary/aromatic N) is 2. The molecule has 0 bridgehead atoms. The monoisotopic (exact) mass is 630 g/mol. The van der Waals surface area contributed by atoms with Crippen LogP contribution in [-0.4, -0.2) is 22.0 Å². The first-order valence-corrected chi connectivity index (χ1v) is 16.7. The van der Waals surface area contributed by atoms with Gasteiger partial charge < -0.3 is 9.40 Å². The standard InChI is InChI=1S/C39H35ClN2O2S/c1-3-42-37-21-15-28(24-30-13-8-7-10-27(30)2)25-34(37)35-26-31(16-22-38(35)42)36(41-44-39(43)29-11-5-4-6-12-29)14-9-23-45-33-19-17-32(40)18-20-33/h4-8,10-13,15-22,25-26H,3,9,14,23-24H2,1-2H3/b41-36+. The topological polar surface area (TPSA) is 43.6 Å². The van der Waals surface area contributed by atoms with E-state index in [1.165, 1.54) is 43.4 Å². The summed E-state index contributed by atoms with van der Waals surface area (Å²) in [6.07, 6.45) is 2.41. The van der Waals surface area contributed by atoms with Crippen molar-refractivity contribution in [1.82, 2.24) is 4.57 Å². The highest BCUT2D eigenvalue weighted by Gasteiger charge is 2.15. The van der Waals surface area contributed by atoms with Gasteiger partial charge in [-0.2, -0.15) is 0 Å². The minimum absolute atomic E-state index is 0.465. The molecule has 1 heterocycles. The van der Waals surface area contributed by atoms with Gasteiger partial charge in [0, 0.05) is 43.8 Å². The zero-order valence-electron chi connectivity index (χ0n) is 25.5. The molecule has 0 aliphatic carbocycles. The van der Waals surface area contributed by atoms with Crippen LogP contribution in [0.1, 0.15) is 52.4 Å². The van der Waals surface area contributed by atoms with E-state index in [1.807, 2.05) is 42.5 Å². The summed E-state index contributed by atoms with van der Waals surface area (Å²) in [6, 6.07) is 38.8. The van der Waals surface area contributed by atoms with Crippen molar-refractivity contribution in [3.8, 4) is 0 Å². The van der Waals surface area contributed by atoms with Crippen LogP contribution in [0.4, 0.5) is 0 Å². The van der Waals surface area contributed by atoms with Crippen molar-refractivity contribution in [2.75, 3.05) is 5.75 Å². The lowest BCUT2D eigenvalue weighted by Crippen LogP contribution is -2.07. The maximum Gasteiger partial charge on any atom is 0.365 e. The first-order valence-electron chi connectivity index (χ1n) is 15.3. The van der Waals surface area contributed by atoms with Gasteiger partial charge in [0.15, 0.2) is 0 Å². The summed E-state index contributed by atoms with van der Waals surface area (Å²) in [4.78, 5) is 19.5. The molecule has 226 valence electrons. The van der Waals surface area contributed by atoms with Crippen LogP contribution < -0.4 is 0 Å². The maximum atomic E-state index is 12.8. The Balaban J connectivity index is 1.32. The maximum absolute atomic E-state index is 12.8. The van der Waals surface area contributed by atoms with Gasteiger partial charge in [-0.05, 0) is 116 Å². The quantitative estimate of drug-likeness (QED) is 0.0470. The van der Waals surface area contributed by atoms with Crippen LogP contribution in [0.3, 0.4) is 0 Å². The molecule has 0 aliphatic heterocycles. The normalized spacial score (nSPS) is 11.8. The second-order valence-corrected chi connectivity index (χ2v) is 12.7. The van der Waals surface area contributed by atoms with Crippen molar-refractivity contribution in [3.05, 3.63) is 148 Å². The molecule has 45 heavy (non-hydrogen) atoms. The summed E-state index contributed by atoms with van der Waals surface area (Å²) in [5.74, 6) is 0.431. The van der Waals surface area contributed by atoms with E-state index in [-0.39, 0.29) is 0 Å². The summed E-state index contributed by atoms with van der Waals surface area (Å²) >= 11 is 7.84. The molecule has 0 amide bonds. The average molecular weight is 631 g/mol. The Kier molecular flexibility index (Phi) is 9.68. The molecule has 6 rings (SSSR count). The summed E-state index contributed by atoms with van der Waals surface area (Å²) in [5, 5.41) is 7.59. The lowest BCUT2D eigenvalue weighted by atomic mass is 9.98. The Labute approximate surface area is 273 Å². The van der Waals surface area contributed by atoms with Gasteiger partial charge in [0.25, 0.3) is 0 Å². The highest BCUT2D eigenvalue weighted by Crippen LogP contribution is 2.32. The van der Waals surface area contributed by atoms with Crippen molar-refractivity contribution in [1.29, 1.82) is 0 Å². The van der Waals surface area contributed by atoms with Gasteiger partial charge >= 0.3 is 5.97 Å². The number of hydrogen-bond acceptors (Lipinski definition) is 4. The minimum Gasteiger partial charge on any atom is -0.341 e. The number of carbonyl (C=O) groups is 1. The molecule has 4 nitrogen and oxygen atoms in total. The van der Waals surface area contributed by atoms with Gasteiger partial charge in [-0.3, -0.25) is 0 Å². The molecule has 1 aromatic heterocycles. The minimum atomic E-state index is -0.465. The van der Waals surface area contributed by atoms with Crippen LogP contribution in [0.2, 0.25) is 5.02 Å². The van der Waals surface area contributed by atoms with Gasteiger partial charge in [0.2, 0.25) is 0 Å². The molecule has 0 N–H and O–H groups in total. The smallest absolute Gasteiger partial charge is 0.341 e. The van der Waals surface area contributed by atoms with Crippen LogP contribution in [-0.2, 0) is 17.8 Å². The summed E-state index contributed by atoms with van der Waals surface area (Å²) in [7, 11) is 0. The molecule has 0 spiro atoms. The molecule has 0 saturated heterocycles. The number of benzene rings is 5. The molecule has 0 atom stereocenters. The molecule has 0 aliphatic rings. The second kappa shape index (κ2) is 14.2. The molecule has 0 radical (unpaired) electrons. The van der Waals surface area contributed by atoms with Gasteiger partial charge in [-0.1, -0.05) is 71.4 Å². The van der Waals surface area contributed by atoms with Crippen molar-refractivity contribution in [2.45, 2.75) is 44.6 Å². The SMILES string of the molecule is CCn1c2ccc(Cc3ccccc3C)cc2c2cc(/C(CCCSc3ccc(Cl)cc3)=N/OC(=O)c3ccccc3)ccc21. The number of hydrogen-bond donors (Lipinski definition) is 0. The van der Waals surface area contributed by atoms with Crippen LogP contribution in [0.25, 0.3) is 21.8 Å². The number of aryl methyl sites for hydroxylation is 2. The first-order chi connectivity index (χ1) is 22.0. The van der Waals surface area contributed by atoms with Gasteiger partial charge in [0.05, 0.1) is 11.3 Å². The number of thioether (sulfide) groups is 1. The number of oxime groups is 1. The fourth-order valence-electron chi connectivity index (χ4n) is 5.74. The van der Waals surface area contributed by atoms with E-state index < -0.39 is 5.97 Å². The fourth-order valence-corrected chi connectivity index (χ4v) is 6.72. The third-order valence-corrected chi connectivity index (χ3v) is 9.47. The van der Waals surface area contributed by atoms with Crippen LogP contribution in [0.5, 0.6) is 0 Å². The molecule has 0 saturated carbocycles. The molecule has 0 unspecified atom stereocenters. The summed E-state index contributed by atoms with van der Waals surface area (Å²) in [5.41, 5.74) is 8.50. The zero-order valence-corrected chi connectivity index (χ0v) is 27.1. The first kappa shape index (κ1) is 30.7. The number of aromatic nitrogens is 1. The lowest BCUT2D eigenvalue weighted by Gasteiger charge is -2.09. The summed E-state index contributed by atoms with van der Waals surface area (Å²) in [6.45, 7) is 5.22. The fraction of sp³-hybridized carbons (Fsp3) is 0.179. The van der Waals surface area contributed by atoms with E-state index in [0.717, 1.165) is 41.4 Å². The molecule has 6 heteroatoms. The zero-order chi connectivity index (χ0) is 31.2. The highest BCUT2D eigenvalue weighted by atomic mass is 35.5. The van der Waals surface area contributed by atoms with Crippen LogP contribution in [0, 0.1) is 6.92 Å². The van der Waals surface area contributed by atoms with Crippen molar-refractivity contribution in [2.24, 2.45) is 5.16 Å². The molecular formula is C39H35ClN2O2S. The van der Waals surface area contributed by atoms with E-state index in [2.05, 4.69) is 84.2 Å². The largest absolute Gasteiger partial charge is 0.365 e. The predicted molar refractivity (Wildman–Crippen MR) is 189 cm³/mol. The third-order valence-electron chi connectivity index (χ3n) is 8.12. The highest BCUT2D eigenvalue weighted by molar-refractivity contribution is 7.99. The van der Waals surface area contributed by atoms with E-state index in [4.69, 9.17) is 16.4 Å². The molecule has 5 aromatic carbocycles. The Hall–Kier alpha value is -4.32. The van der Waals surface area contributed by atoms with Crippen molar-refractivity contribution >= 4 is 56.8 Å². The van der Waals surface area contributed by atoms with Crippen molar-refractivity contribution in [3.63, 3.8) is 0 Å². The van der Waals surface area contributed by atoms with Crippen molar-refractivity contribution < 1.29 is 9.63 Å². The van der Waals surface area contributed by atoms with E-state index >= 15 is 0 Å². The Morgan fingerprint density at radius 3 is 2.29 bits per heavy atom. The van der Waals surface area contributed by atoms with Crippen LogP contribution >= 0.6 is 23.4 Å². The Morgan fingerprint density at radius 1 is 0.822 bits per heavy atom. The number of rotatable bonds is 11. The molecule has 6 aromatic rings. The second-order valence-electron chi connectivity index (χ2n) is 11.1. The predicted octanol–water partition coefficient (Wildman–Crippen LogP) is 10.5. The Bertz CT molecular complexity index is 1980. The average Bonchev–Trinajstić information content (AvgIpc) is 3.38. The van der Waals surface area contributed by atoms with E-state index in [0.29, 0.717) is 12.0 Å². The molecular weight excluding hydrogens is 596 g/mol.